The molecule has 8 heteroatoms. The number of nitrogens with zero attached hydrogens (tertiary/aromatic N) is 4. The highest BCUT2D eigenvalue weighted by Crippen LogP contribution is 2.71. The summed E-state index contributed by atoms with van der Waals surface area (Å²) in [6.07, 6.45) is 51.3. The average molecular weight is 1240 g/mol. The van der Waals surface area contributed by atoms with Crippen molar-refractivity contribution in [3.63, 3.8) is 0 Å². The molecule has 16 aliphatic rings. The Labute approximate surface area is 555 Å². The summed E-state index contributed by atoms with van der Waals surface area (Å²) in [6, 6.07) is 0. The summed E-state index contributed by atoms with van der Waals surface area (Å²) in [6.45, 7) is 47.5. The normalized spacial score (nSPS) is 49.1. The fourth-order valence-corrected chi connectivity index (χ4v) is 27.9. The van der Waals surface area contributed by atoms with Gasteiger partial charge in [-0.25, -0.2) is 19.4 Å². The van der Waals surface area contributed by atoms with E-state index in [9.17, 15) is 19.2 Å². The predicted octanol–water partition coefficient (Wildman–Crippen LogP) is 21.4. The minimum Gasteiger partial charge on any atom is -0.299 e. The monoisotopic (exact) mass is 1240 g/mol. The molecule has 14 saturated carbocycles. The van der Waals surface area contributed by atoms with Crippen LogP contribution in [0.1, 0.15) is 274 Å². The number of rotatable bonds is 0. The molecule has 0 saturated heterocycles. The number of ketones is 4. The van der Waals surface area contributed by atoms with E-state index in [1.807, 2.05) is 0 Å². The molecule has 92 heavy (non-hydrogen) atoms. The molecule has 0 aromatic carbocycles. The van der Waals surface area contributed by atoms with Crippen molar-refractivity contribution in [2.24, 2.45) is 126 Å². The van der Waals surface area contributed by atoms with E-state index in [0.29, 0.717) is 108 Å². The quantitative estimate of drug-likeness (QED) is 0.179. The van der Waals surface area contributed by atoms with Crippen molar-refractivity contribution in [2.75, 3.05) is 0 Å². The molecule has 16 rings (SSSR count). The number of hydrogen-bond donors (Lipinski definition) is 0. The number of fused-ring (bicyclic) bond motifs is 20. The number of carbonyl (C=O) groups excluding carboxylic acids is 4. The number of hydrogen-bond acceptors (Lipinski definition) is 4. The first-order valence-electron chi connectivity index (χ1n) is 37.8. The Morgan fingerprint density at radius 2 is 0.707 bits per heavy atom. The fraction of sp³-hybridized carbons (Fsp3) is 0.762. The van der Waals surface area contributed by atoms with Crippen molar-refractivity contribution in [3.8, 4) is 0 Å². The molecule has 22 atom stereocenters. The first kappa shape index (κ1) is 65.7. The van der Waals surface area contributed by atoms with Crippen LogP contribution >= 0.6 is 0 Å². The van der Waals surface area contributed by atoms with E-state index in [0.717, 1.165) is 43.9 Å². The van der Waals surface area contributed by atoms with Crippen molar-refractivity contribution in [1.82, 2.24) is 0 Å². The second kappa shape index (κ2) is 24.6. The second-order valence-electron chi connectivity index (χ2n) is 35.7. The van der Waals surface area contributed by atoms with Crippen molar-refractivity contribution < 1.29 is 19.2 Å². The Bertz CT molecular complexity index is 3270. The Kier molecular flexibility index (Phi) is 17.6. The number of carbonyl (C=O) groups is 4. The maximum atomic E-state index is 13.3. The molecule has 0 spiro atoms. The Hall–Kier alpha value is -4.92. The highest BCUT2D eigenvalue weighted by atomic mass is 16.1. The highest BCUT2D eigenvalue weighted by molar-refractivity contribution is 5.87. The molecule has 0 aliphatic heterocycles. The van der Waals surface area contributed by atoms with E-state index in [2.05, 4.69) is 86.9 Å². The highest BCUT2D eigenvalue weighted by Gasteiger charge is 2.65. The molecule has 492 valence electrons. The van der Waals surface area contributed by atoms with Crippen molar-refractivity contribution >= 4 is 23.1 Å². The Balaban J connectivity index is 0.000000112. The molecule has 0 heterocycles. The fourth-order valence-electron chi connectivity index (χ4n) is 27.9. The van der Waals surface area contributed by atoms with Crippen LogP contribution in [0, 0.1) is 152 Å². The van der Waals surface area contributed by atoms with E-state index in [-0.39, 0.29) is 55.2 Å². The SMILES string of the molecule is [C-]#[N+]/C=C1/CC[C@H]2[C@@H]3CC=C4CCCC[C@]4(C)[C@H]3C(=O)C[C@]12C.[C-]#[N+]/C=C1/CC[C@H]2[C@@H]3CCC4=CCCC[C@]4(C)[C@H]3C(=O)C[C@]12C.[C-]#[N+]/C=C1/CC[C@H]2[C@@H]3CC[C@@H]4CCCC[C@]4(C)[C@H]3C(=O)C[C@]12C.[C-]#[N+]/C=C1/CC[C@H]2[C@@H]3CC[C@H]4CCCC[C@]4(C)[C@H]3C(=O)C[C@]12C. The lowest BCUT2D eigenvalue weighted by atomic mass is 9.45. The molecule has 0 unspecified atom stereocenters. The summed E-state index contributed by atoms with van der Waals surface area (Å²) < 4.78 is 0. The molecule has 0 aromatic heterocycles. The third kappa shape index (κ3) is 10.2. The molecule has 14 fully saturated rings. The van der Waals surface area contributed by atoms with Gasteiger partial charge in [0, 0.05) is 49.4 Å². The van der Waals surface area contributed by atoms with E-state index >= 15 is 0 Å². The van der Waals surface area contributed by atoms with Gasteiger partial charge in [-0.3, -0.25) is 19.2 Å². The zero-order valence-corrected chi connectivity index (χ0v) is 58.0. The summed E-state index contributed by atoms with van der Waals surface area (Å²) in [5.74, 6) is 9.39. The average Bonchev–Trinajstić information content (AvgIpc) is 1.35. The van der Waals surface area contributed by atoms with Crippen LogP contribution < -0.4 is 0 Å². The molecular formula is C84H112N4O4. The molecule has 0 aromatic rings. The van der Waals surface area contributed by atoms with Crippen molar-refractivity contribution in [1.29, 1.82) is 0 Å². The van der Waals surface area contributed by atoms with E-state index in [1.165, 1.54) is 183 Å². The van der Waals surface area contributed by atoms with Gasteiger partial charge in [-0.15, -0.1) is 0 Å². The third-order valence-electron chi connectivity index (χ3n) is 32.2. The van der Waals surface area contributed by atoms with Crippen molar-refractivity contribution in [3.05, 3.63) is 116 Å². The third-order valence-corrected chi connectivity index (χ3v) is 32.2. The summed E-state index contributed by atoms with van der Waals surface area (Å²) >= 11 is 0. The lowest BCUT2D eigenvalue weighted by Gasteiger charge is -2.59. The van der Waals surface area contributed by atoms with Gasteiger partial charge >= 0.3 is 0 Å². The van der Waals surface area contributed by atoms with Gasteiger partial charge in [-0.05, 0) is 263 Å². The van der Waals surface area contributed by atoms with E-state index < -0.39 is 0 Å². The largest absolute Gasteiger partial charge is 0.299 e. The standard InChI is InChI=1S/2C21H29NO.2C21H27NO/c4*1-20-11-5-4-6-14(20)7-9-16-17-10-8-15(13-22-3)21(17,2)12-18(23)19(16)20/h2*13-14,16-17,19H,4-12H2,1-2H3;7,13,16-17,19H,4-6,8-12H2,1-2H3;6,13,16-17,19H,4-5,7-12H2,1-2H3/b4*15-13-/t14-,16+,17+,19-,20+,21-;14-,16-,17-,19+,20-,21+;2*16-,17-,19+,20-,21+/m1000/s1. The van der Waals surface area contributed by atoms with Crippen LogP contribution in [0.2, 0.25) is 0 Å². The topological polar surface area (TPSA) is 85.7 Å². The summed E-state index contributed by atoms with van der Waals surface area (Å²) in [7, 11) is 0. The first-order valence-corrected chi connectivity index (χ1v) is 37.8. The van der Waals surface area contributed by atoms with Crippen molar-refractivity contribution in [2.45, 2.75) is 274 Å². The van der Waals surface area contributed by atoms with E-state index in [1.54, 1.807) is 35.9 Å². The maximum absolute atomic E-state index is 13.3. The van der Waals surface area contributed by atoms with Gasteiger partial charge in [0.1, 0.15) is 23.1 Å². The maximum Gasteiger partial charge on any atom is 0.154 e. The van der Waals surface area contributed by atoms with Crippen LogP contribution in [0.15, 0.2) is 70.4 Å². The molecule has 16 aliphatic carbocycles. The summed E-state index contributed by atoms with van der Waals surface area (Å²) in [5.41, 5.74) is 8.88. The zero-order chi connectivity index (χ0) is 65.0. The van der Waals surface area contributed by atoms with Crippen LogP contribution in [-0.4, -0.2) is 23.1 Å². The van der Waals surface area contributed by atoms with Crippen LogP contribution in [-0.2, 0) is 19.2 Å². The van der Waals surface area contributed by atoms with E-state index in [4.69, 9.17) is 26.3 Å². The van der Waals surface area contributed by atoms with Crippen LogP contribution in [0.25, 0.3) is 19.4 Å². The lowest BCUT2D eigenvalue weighted by Crippen LogP contribution is -2.56. The molecule has 0 N–H and O–H groups in total. The van der Waals surface area contributed by atoms with Crippen LogP contribution in [0.5, 0.6) is 0 Å². The van der Waals surface area contributed by atoms with Gasteiger partial charge in [0.25, 0.3) is 0 Å². The van der Waals surface area contributed by atoms with Gasteiger partial charge in [0.15, 0.2) is 24.8 Å². The first-order chi connectivity index (χ1) is 44.0. The predicted molar refractivity (Wildman–Crippen MR) is 366 cm³/mol. The number of allylic oxidation sites excluding steroid dienone is 8. The minimum atomic E-state index is -0.0425. The molecule has 8 nitrogen and oxygen atoms in total. The summed E-state index contributed by atoms with van der Waals surface area (Å²) in [5, 5.41) is 0. The molecular weight excluding hydrogens is 1130 g/mol. The molecule has 0 bridgehead atoms. The van der Waals surface area contributed by atoms with Gasteiger partial charge < -0.3 is 0 Å². The molecule has 0 radical (unpaired) electrons. The Morgan fingerprint density at radius 3 is 1.13 bits per heavy atom. The number of Topliss-reactive ketones (excluding diaryl/α,β-unsaturated/α-hetero) is 4. The molecule has 0 amide bonds. The zero-order valence-electron chi connectivity index (χ0n) is 58.0. The lowest BCUT2D eigenvalue weighted by molar-refractivity contribution is -0.154. The minimum absolute atomic E-state index is 0.0132. The summed E-state index contributed by atoms with van der Waals surface area (Å²) in [4.78, 5) is 67.2. The van der Waals surface area contributed by atoms with Gasteiger partial charge in [-0.2, -0.15) is 0 Å². The van der Waals surface area contributed by atoms with Crippen LogP contribution in [0.3, 0.4) is 0 Å². The van der Waals surface area contributed by atoms with Gasteiger partial charge in [0.05, 0.1) is 26.3 Å². The smallest absolute Gasteiger partial charge is 0.154 e. The van der Waals surface area contributed by atoms with Gasteiger partial charge in [0.2, 0.25) is 0 Å². The van der Waals surface area contributed by atoms with Crippen LogP contribution in [0.4, 0.5) is 0 Å². The van der Waals surface area contributed by atoms with Gasteiger partial charge in [-0.1, -0.05) is 133 Å². The second-order valence-corrected chi connectivity index (χ2v) is 35.7. The Morgan fingerprint density at radius 1 is 0.348 bits per heavy atom.